The second-order valence-electron chi connectivity index (χ2n) is 4.45. The molecule has 0 heterocycles. The second kappa shape index (κ2) is 5.75. The van der Waals surface area contributed by atoms with E-state index in [9.17, 15) is 5.11 Å². The molecule has 3 N–H and O–H groups in total. The van der Waals surface area contributed by atoms with Crippen LogP contribution in [0.15, 0.2) is 18.2 Å². The fourth-order valence-electron chi connectivity index (χ4n) is 1.79. The van der Waals surface area contributed by atoms with Gasteiger partial charge in [-0.15, -0.1) is 0 Å². The van der Waals surface area contributed by atoms with Crippen molar-refractivity contribution in [3.63, 3.8) is 0 Å². The van der Waals surface area contributed by atoms with E-state index in [2.05, 4.69) is 26.1 Å². The predicted octanol–water partition coefficient (Wildman–Crippen LogP) is 2.62. The lowest BCUT2D eigenvalue weighted by atomic mass is 10.0. The summed E-state index contributed by atoms with van der Waals surface area (Å²) in [6.07, 6.45) is 1.07. The summed E-state index contributed by atoms with van der Waals surface area (Å²) >= 11 is 0. The molecule has 3 nitrogen and oxygen atoms in total. The quantitative estimate of drug-likeness (QED) is 0.719. The van der Waals surface area contributed by atoms with Gasteiger partial charge in [-0.25, -0.2) is 0 Å². The van der Waals surface area contributed by atoms with E-state index in [4.69, 9.17) is 5.11 Å². The van der Waals surface area contributed by atoms with Crippen LogP contribution in [0.4, 0.5) is 0 Å². The summed E-state index contributed by atoms with van der Waals surface area (Å²) in [4.78, 5) is 0. The Hall–Kier alpha value is -1.22. The molecule has 3 heteroatoms. The summed E-state index contributed by atoms with van der Waals surface area (Å²) in [7, 11) is 0. The monoisotopic (exact) mass is 223 g/mol. The third-order valence-corrected chi connectivity index (χ3v) is 2.87. The lowest BCUT2D eigenvalue weighted by Crippen LogP contribution is -2.32. The molecular formula is C13H21NO2. The first-order valence-corrected chi connectivity index (χ1v) is 5.78. The van der Waals surface area contributed by atoms with Crippen LogP contribution in [-0.2, 0) is 6.54 Å². The second-order valence-corrected chi connectivity index (χ2v) is 4.45. The number of nitrogens with one attached hydrogen (secondary N) is 1. The van der Waals surface area contributed by atoms with Crippen molar-refractivity contribution in [2.45, 2.75) is 39.8 Å². The van der Waals surface area contributed by atoms with Gasteiger partial charge in [0.2, 0.25) is 0 Å². The van der Waals surface area contributed by atoms with Gasteiger partial charge in [-0.2, -0.15) is 0 Å². The first kappa shape index (κ1) is 12.8. The molecule has 0 aliphatic carbocycles. The lowest BCUT2D eigenvalue weighted by Gasteiger charge is -2.21. The first-order chi connectivity index (χ1) is 7.54. The highest BCUT2D eigenvalue weighted by atomic mass is 16.3. The van der Waals surface area contributed by atoms with Gasteiger partial charge in [0.05, 0.1) is 0 Å². The van der Waals surface area contributed by atoms with Gasteiger partial charge in [0.15, 0.2) is 0 Å². The zero-order chi connectivity index (χ0) is 12.1. The maximum atomic E-state index is 9.62. The van der Waals surface area contributed by atoms with Crippen molar-refractivity contribution in [2.24, 2.45) is 5.92 Å². The largest absolute Gasteiger partial charge is 0.508 e. The molecule has 0 aromatic heterocycles. The van der Waals surface area contributed by atoms with Crippen LogP contribution in [0.3, 0.4) is 0 Å². The first-order valence-electron chi connectivity index (χ1n) is 5.78. The van der Waals surface area contributed by atoms with Gasteiger partial charge >= 0.3 is 0 Å². The molecular weight excluding hydrogens is 202 g/mol. The molecule has 1 rings (SSSR count). The third kappa shape index (κ3) is 3.42. The molecule has 16 heavy (non-hydrogen) atoms. The molecule has 1 aromatic carbocycles. The highest BCUT2D eigenvalue weighted by molar-refractivity contribution is 5.38. The molecule has 1 unspecified atom stereocenters. The Morgan fingerprint density at radius 3 is 2.44 bits per heavy atom. The Balaban J connectivity index is 2.60. The Bertz CT molecular complexity index is 337. The normalized spacial score (nSPS) is 13.0. The molecule has 0 spiro atoms. The van der Waals surface area contributed by atoms with Gasteiger partial charge in [-0.05, 0) is 18.4 Å². The van der Waals surface area contributed by atoms with Gasteiger partial charge in [0, 0.05) is 24.2 Å². The molecule has 1 aromatic rings. The fraction of sp³-hybridized carbons (Fsp3) is 0.538. The van der Waals surface area contributed by atoms with Crippen molar-refractivity contribution < 1.29 is 10.2 Å². The van der Waals surface area contributed by atoms with Gasteiger partial charge in [-0.3, -0.25) is 0 Å². The fourth-order valence-corrected chi connectivity index (χ4v) is 1.79. The third-order valence-electron chi connectivity index (χ3n) is 2.87. The minimum Gasteiger partial charge on any atom is -0.508 e. The summed E-state index contributed by atoms with van der Waals surface area (Å²) in [6.45, 7) is 7.13. The highest BCUT2D eigenvalue weighted by Gasteiger charge is 2.11. The Morgan fingerprint density at radius 2 is 1.94 bits per heavy atom. The topological polar surface area (TPSA) is 52.5 Å². The van der Waals surface area contributed by atoms with Crippen LogP contribution in [0.2, 0.25) is 0 Å². The lowest BCUT2D eigenvalue weighted by molar-refractivity contribution is 0.381. The number of benzene rings is 1. The summed E-state index contributed by atoms with van der Waals surface area (Å²) in [5, 5.41) is 22.2. The Kier molecular flexibility index (Phi) is 4.62. The smallest absolute Gasteiger partial charge is 0.123 e. The summed E-state index contributed by atoms with van der Waals surface area (Å²) in [5.74, 6) is 0.813. The number of aromatic hydroxyl groups is 2. The van der Waals surface area contributed by atoms with Gasteiger partial charge < -0.3 is 15.5 Å². The zero-order valence-electron chi connectivity index (χ0n) is 10.2. The van der Waals surface area contributed by atoms with E-state index in [0.29, 0.717) is 18.5 Å². The van der Waals surface area contributed by atoms with Crippen molar-refractivity contribution >= 4 is 0 Å². The maximum Gasteiger partial charge on any atom is 0.123 e. The van der Waals surface area contributed by atoms with Gasteiger partial charge in [0.1, 0.15) is 11.5 Å². The van der Waals surface area contributed by atoms with Crippen molar-refractivity contribution in [3.05, 3.63) is 23.8 Å². The molecule has 0 aliphatic rings. The summed E-state index contributed by atoms with van der Waals surface area (Å²) in [6, 6.07) is 5.15. The van der Waals surface area contributed by atoms with Gasteiger partial charge in [0.25, 0.3) is 0 Å². The molecule has 0 fully saturated rings. The van der Waals surface area contributed by atoms with E-state index < -0.39 is 0 Å². The molecule has 1 atom stereocenters. The number of hydrogen-bond donors (Lipinski definition) is 3. The number of phenols is 2. The van der Waals surface area contributed by atoms with E-state index in [1.807, 2.05) is 0 Å². The number of hydrogen-bond acceptors (Lipinski definition) is 3. The average molecular weight is 223 g/mol. The van der Waals surface area contributed by atoms with Crippen LogP contribution in [0.5, 0.6) is 11.5 Å². The number of phenolic OH excluding ortho intramolecular Hbond substituents is 2. The van der Waals surface area contributed by atoms with E-state index in [1.54, 1.807) is 12.1 Å². The maximum absolute atomic E-state index is 9.62. The van der Waals surface area contributed by atoms with Gasteiger partial charge in [-0.1, -0.05) is 26.8 Å². The standard InChI is InChI=1S/C13H21NO2/c1-4-12(9(2)3)14-8-10-5-6-11(15)7-13(10)16/h5-7,9,12,14-16H,4,8H2,1-3H3. The van der Waals surface area contributed by atoms with E-state index in [-0.39, 0.29) is 11.5 Å². The molecule has 0 saturated heterocycles. The van der Waals surface area contributed by atoms with Crippen LogP contribution in [0.1, 0.15) is 32.8 Å². The molecule has 0 bridgehead atoms. The van der Waals surface area contributed by atoms with Crippen molar-refractivity contribution in [2.75, 3.05) is 0 Å². The minimum atomic E-state index is 0.0946. The molecule has 90 valence electrons. The summed E-state index contributed by atoms with van der Waals surface area (Å²) in [5.41, 5.74) is 0.817. The van der Waals surface area contributed by atoms with E-state index in [0.717, 1.165) is 12.0 Å². The zero-order valence-corrected chi connectivity index (χ0v) is 10.2. The minimum absolute atomic E-state index is 0.0946. The molecule has 0 aliphatic heterocycles. The van der Waals surface area contributed by atoms with Crippen molar-refractivity contribution in [1.82, 2.24) is 5.32 Å². The molecule has 0 saturated carbocycles. The van der Waals surface area contributed by atoms with Crippen molar-refractivity contribution in [3.8, 4) is 11.5 Å². The van der Waals surface area contributed by atoms with E-state index >= 15 is 0 Å². The van der Waals surface area contributed by atoms with Crippen molar-refractivity contribution in [1.29, 1.82) is 0 Å². The van der Waals surface area contributed by atoms with Crippen LogP contribution in [0, 0.1) is 5.92 Å². The van der Waals surface area contributed by atoms with Crippen LogP contribution >= 0.6 is 0 Å². The van der Waals surface area contributed by atoms with Crippen LogP contribution in [0.25, 0.3) is 0 Å². The van der Waals surface area contributed by atoms with Crippen LogP contribution < -0.4 is 5.32 Å². The predicted molar refractivity (Wildman–Crippen MR) is 65.5 cm³/mol. The Morgan fingerprint density at radius 1 is 1.25 bits per heavy atom. The summed E-state index contributed by atoms with van der Waals surface area (Å²) < 4.78 is 0. The van der Waals surface area contributed by atoms with Crippen LogP contribution in [-0.4, -0.2) is 16.3 Å². The SMILES string of the molecule is CCC(NCc1ccc(O)cc1O)C(C)C. The van der Waals surface area contributed by atoms with E-state index in [1.165, 1.54) is 6.07 Å². The highest BCUT2D eigenvalue weighted by Crippen LogP contribution is 2.22. The Labute approximate surface area is 97.1 Å². The number of rotatable bonds is 5. The molecule has 0 amide bonds. The average Bonchev–Trinajstić information content (AvgIpc) is 2.21. The molecule has 0 radical (unpaired) electrons.